The number of urea groups is 1. The molecule has 2 heterocycles. The fourth-order valence-electron chi connectivity index (χ4n) is 3.09. The predicted molar refractivity (Wildman–Crippen MR) is 117 cm³/mol. The van der Waals surface area contributed by atoms with Gasteiger partial charge in [-0.1, -0.05) is 26.8 Å². The summed E-state index contributed by atoms with van der Waals surface area (Å²) in [7, 11) is 0. The van der Waals surface area contributed by atoms with Crippen molar-refractivity contribution in [2.45, 2.75) is 26.2 Å². The van der Waals surface area contributed by atoms with Crippen LogP contribution in [0.4, 0.5) is 25.1 Å². The Morgan fingerprint density at radius 3 is 2.55 bits per heavy atom. The van der Waals surface area contributed by atoms with E-state index in [9.17, 15) is 13.6 Å². The number of hydrogen-bond acceptors (Lipinski definition) is 3. The Labute approximate surface area is 177 Å². The first kappa shape index (κ1) is 20.5. The van der Waals surface area contributed by atoms with Gasteiger partial charge in [-0.05, 0) is 36.4 Å². The molecule has 0 aliphatic carbocycles. The van der Waals surface area contributed by atoms with Gasteiger partial charge in [0.25, 0.3) is 0 Å². The summed E-state index contributed by atoms with van der Waals surface area (Å²) >= 11 is 0. The van der Waals surface area contributed by atoms with Gasteiger partial charge in [-0.15, -0.1) is 0 Å². The molecule has 0 saturated carbocycles. The van der Waals surface area contributed by atoms with Crippen LogP contribution in [0.2, 0.25) is 0 Å². The van der Waals surface area contributed by atoms with Gasteiger partial charge in [-0.2, -0.15) is 5.10 Å². The van der Waals surface area contributed by atoms with E-state index >= 15 is 0 Å². The highest BCUT2D eigenvalue weighted by Crippen LogP contribution is 2.27. The van der Waals surface area contributed by atoms with Gasteiger partial charge in [0.05, 0.1) is 22.6 Å². The van der Waals surface area contributed by atoms with Crippen molar-refractivity contribution in [3.8, 4) is 5.69 Å². The maximum atomic E-state index is 13.9. The minimum Gasteiger partial charge on any atom is -0.305 e. The maximum Gasteiger partial charge on any atom is 0.324 e. The molecule has 0 bridgehead atoms. The number of pyridine rings is 1. The molecular weight excluding hydrogens is 400 g/mol. The Hall–Kier alpha value is -3.81. The number of amides is 2. The molecule has 0 unspecified atom stereocenters. The number of nitrogens with one attached hydrogen (secondary N) is 2. The van der Waals surface area contributed by atoms with Crippen molar-refractivity contribution in [3.63, 3.8) is 0 Å². The highest BCUT2D eigenvalue weighted by molar-refractivity contribution is 5.99. The fraction of sp³-hybridized carbons (Fsp3) is 0.174. The number of benzene rings is 2. The molecule has 2 amide bonds. The number of anilines is 2. The molecule has 31 heavy (non-hydrogen) atoms. The summed E-state index contributed by atoms with van der Waals surface area (Å²) in [5.74, 6) is -1.17. The second-order valence-corrected chi connectivity index (χ2v) is 8.16. The minimum atomic E-state index is -0.860. The molecule has 8 heteroatoms. The van der Waals surface area contributed by atoms with Gasteiger partial charge >= 0.3 is 6.03 Å². The van der Waals surface area contributed by atoms with Crippen LogP contribution in [-0.2, 0) is 5.41 Å². The summed E-state index contributed by atoms with van der Waals surface area (Å²) in [6, 6.07) is 13.5. The van der Waals surface area contributed by atoms with Crippen LogP contribution in [0.15, 0.2) is 60.8 Å². The van der Waals surface area contributed by atoms with Crippen molar-refractivity contribution < 1.29 is 13.6 Å². The molecule has 0 aliphatic rings. The number of carbonyl (C=O) groups excluding carboxylic acids is 1. The van der Waals surface area contributed by atoms with Crippen LogP contribution in [0.25, 0.3) is 16.6 Å². The lowest BCUT2D eigenvalue weighted by atomic mass is 9.92. The molecule has 0 saturated heterocycles. The van der Waals surface area contributed by atoms with Gasteiger partial charge in [0, 0.05) is 29.1 Å². The molecule has 0 radical (unpaired) electrons. The van der Waals surface area contributed by atoms with Gasteiger partial charge in [0.2, 0.25) is 0 Å². The standard InChI is InChI=1S/C23H21F2N5O/c1-23(2,3)20-13-21(28-22(31)27-19-8-6-15(24)12-17(19)25)30(29-20)16-7-9-18-14(11-16)5-4-10-26-18/h4-13H,1-3H3,(H2,27,28,31). The lowest BCUT2D eigenvalue weighted by Gasteiger charge is -2.14. The first-order valence-corrected chi connectivity index (χ1v) is 9.69. The smallest absolute Gasteiger partial charge is 0.305 e. The number of carbonyl (C=O) groups is 1. The monoisotopic (exact) mass is 421 g/mol. The van der Waals surface area contributed by atoms with Gasteiger partial charge in [-0.3, -0.25) is 10.3 Å². The highest BCUT2D eigenvalue weighted by Gasteiger charge is 2.22. The van der Waals surface area contributed by atoms with E-state index in [2.05, 4.69) is 20.7 Å². The zero-order chi connectivity index (χ0) is 22.2. The van der Waals surface area contributed by atoms with Crippen molar-refractivity contribution in [2.24, 2.45) is 0 Å². The Morgan fingerprint density at radius 2 is 1.81 bits per heavy atom. The Balaban J connectivity index is 1.69. The van der Waals surface area contributed by atoms with Crippen molar-refractivity contribution in [2.75, 3.05) is 10.6 Å². The number of fused-ring (bicyclic) bond motifs is 1. The van der Waals surface area contributed by atoms with Crippen molar-refractivity contribution in [3.05, 3.63) is 78.1 Å². The molecule has 2 aromatic carbocycles. The van der Waals surface area contributed by atoms with Crippen LogP contribution in [0.1, 0.15) is 26.5 Å². The topological polar surface area (TPSA) is 71.8 Å². The number of aromatic nitrogens is 3. The van der Waals surface area contributed by atoms with Gasteiger partial charge in [-0.25, -0.2) is 18.3 Å². The molecule has 4 rings (SSSR count). The summed E-state index contributed by atoms with van der Waals surface area (Å²) < 4.78 is 28.6. The van der Waals surface area contributed by atoms with E-state index in [-0.39, 0.29) is 11.1 Å². The number of halogens is 2. The largest absolute Gasteiger partial charge is 0.324 e. The second kappa shape index (κ2) is 7.79. The summed E-state index contributed by atoms with van der Waals surface area (Å²) in [6.07, 6.45) is 1.72. The van der Waals surface area contributed by atoms with E-state index in [1.807, 2.05) is 51.1 Å². The fourth-order valence-corrected chi connectivity index (χ4v) is 3.09. The highest BCUT2D eigenvalue weighted by atomic mass is 19.1. The van der Waals surface area contributed by atoms with E-state index in [0.717, 1.165) is 28.4 Å². The average molecular weight is 421 g/mol. The number of rotatable bonds is 3. The first-order valence-electron chi connectivity index (χ1n) is 9.69. The van der Waals surface area contributed by atoms with E-state index in [1.54, 1.807) is 16.9 Å². The zero-order valence-corrected chi connectivity index (χ0v) is 17.3. The summed E-state index contributed by atoms with van der Waals surface area (Å²) in [6.45, 7) is 6.05. The lowest BCUT2D eigenvalue weighted by Crippen LogP contribution is -2.22. The van der Waals surface area contributed by atoms with Crippen molar-refractivity contribution in [1.82, 2.24) is 14.8 Å². The summed E-state index contributed by atoms with van der Waals surface area (Å²) in [5, 5.41) is 10.7. The third kappa shape index (κ3) is 4.37. The van der Waals surface area contributed by atoms with E-state index < -0.39 is 17.7 Å². The van der Waals surface area contributed by atoms with Gasteiger partial charge in [0.1, 0.15) is 17.5 Å². The van der Waals surface area contributed by atoms with Crippen LogP contribution in [0, 0.1) is 11.6 Å². The molecule has 158 valence electrons. The Morgan fingerprint density at radius 1 is 1.00 bits per heavy atom. The molecule has 0 fully saturated rings. The van der Waals surface area contributed by atoms with Gasteiger partial charge < -0.3 is 5.32 Å². The molecule has 0 spiro atoms. The minimum absolute atomic E-state index is 0.127. The lowest BCUT2D eigenvalue weighted by molar-refractivity contribution is 0.262. The van der Waals surface area contributed by atoms with Gasteiger partial charge in [0.15, 0.2) is 0 Å². The predicted octanol–water partition coefficient (Wildman–Crippen LogP) is 5.64. The SMILES string of the molecule is CC(C)(C)c1cc(NC(=O)Nc2ccc(F)cc2F)n(-c2ccc3ncccc3c2)n1. The van der Waals surface area contributed by atoms with Crippen molar-refractivity contribution >= 4 is 28.4 Å². The molecule has 2 aromatic heterocycles. The third-order valence-electron chi connectivity index (χ3n) is 4.73. The molecule has 4 aromatic rings. The number of nitrogens with zero attached hydrogens (tertiary/aromatic N) is 3. The normalized spacial score (nSPS) is 11.5. The van der Waals surface area contributed by atoms with E-state index in [4.69, 9.17) is 0 Å². The zero-order valence-electron chi connectivity index (χ0n) is 17.3. The maximum absolute atomic E-state index is 13.9. The van der Waals surface area contributed by atoms with Crippen LogP contribution >= 0.6 is 0 Å². The Kier molecular flexibility index (Phi) is 5.14. The third-order valence-corrected chi connectivity index (χ3v) is 4.73. The van der Waals surface area contributed by atoms with E-state index in [1.165, 1.54) is 6.07 Å². The second-order valence-electron chi connectivity index (χ2n) is 8.16. The summed E-state index contributed by atoms with van der Waals surface area (Å²) in [4.78, 5) is 16.9. The van der Waals surface area contributed by atoms with Crippen LogP contribution < -0.4 is 10.6 Å². The first-order chi connectivity index (χ1) is 14.7. The van der Waals surface area contributed by atoms with Crippen LogP contribution in [0.5, 0.6) is 0 Å². The van der Waals surface area contributed by atoms with Crippen LogP contribution in [-0.4, -0.2) is 20.8 Å². The molecule has 0 aliphatic heterocycles. The summed E-state index contributed by atoms with van der Waals surface area (Å²) in [5.41, 5.74) is 1.95. The Bertz CT molecular complexity index is 1280. The number of hydrogen-bond donors (Lipinski definition) is 2. The molecule has 2 N–H and O–H groups in total. The quantitative estimate of drug-likeness (QED) is 0.450. The van der Waals surface area contributed by atoms with Crippen molar-refractivity contribution in [1.29, 1.82) is 0 Å². The molecule has 6 nitrogen and oxygen atoms in total. The van der Waals surface area contributed by atoms with Crippen LogP contribution in [0.3, 0.4) is 0 Å². The average Bonchev–Trinajstić information content (AvgIpc) is 3.14. The van der Waals surface area contributed by atoms with E-state index in [0.29, 0.717) is 11.9 Å². The molecular formula is C23H21F2N5O. The molecule has 0 atom stereocenters.